The van der Waals surface area contributed by atoms with Crippen molar-refractivity contribution in [2.45, 2.75) is 0 Å². The molecule has 0 saturated carbocycles. The number of hydrogen-bond donors (Lipinski definition) is 3. The molecule has 3 aromatic rings. The van der Waals surface area contributed by atoms with Crippen LogP contribution in [0.3, 0.4) is 0 Å². The van der Waals surface area contributed by atoms with Crippen molar-refractivity contribution in [3.05, 3.63) is 48.5 Å². The van der Waals surface area contributed by atoms with Crippen molar-refractivity contribution in [1.29, 1.82) is 10.8 Å². The van der Waals surface area contributed by atoms with Crippen molar-refractivity contribution in [3.63, 3.8) is 0 Å². The van der Waals surface area contributed by atoms with Gasteiger partial charge in [0, 0.05) is 21.8 Å². The lowest BCUT2D eigenvalue weighted by molar-refractivity contribution is 0.562. The predicted molar refractivity (Wildman–Crippen MR) is 72.6 cm³/mol. The third-order valence-electron chi connectivity index (χ3n) is 2.41. The molecule has 2 aromatic carbocycles. The average Bonchev–Trinajstić information content (AvgIpc) is 2.79. The van der Waals surface area contributed by atoms with Gasteiger partial charge in [0.2, 0.25) is 12.2 Å². The molecule has 0 amide bonds. The van der Waals surface area contributed by atoms with E-state index in [1.165, 1.54) is 21.8 Å². The number of para-hydroxylation sites is 2. The molecule has 0 fully saturated rings. The number of hydrogen-bond acceptors (Lipinski definition) is 4. The standard InChI is InChI=1S/C12H9N.2CHNO/c1-3-7-11-9(5-1)10-6-2-4-8-12(10)13-11;2*2-1-3/h1-8,13H;2*2H. The summed E-state index contributed by atoms with van der Waals surface area (Å²) >= 11 is 0. The minimum absolute atomic E-state index is 0.750. The van der Waals surface area contributed by atoms with E-state index >= 15 is 0 Å². The van der Waals surface area contributed by atoms with Gasteiger partial charge in [0.1, 0.15) is 0 Å². The topological polar surface area (TPSA) is 97.6 Å². The first-order valence-corrected chi connectivity index (χ1v) is 5.31. The number of carbonyl (C=O) groups excluding carboxylic acids is 2. The van der Waals surface area contributed by atoms with Gasteiger partial charge in [0.25, 0.3) is 0 Å². The molecule has 3 N–H and O–H groups in total. The van der Waals surface area contributed by atoms with E-state index in [2.05, 4.69) is 53.5 Å². The second-order valence-corrected chi connectivity index (χ2v) is 3.42. The summed E-state index contributed by atoms with van der Waals surface area (Å²) in [6.45, 7) is 0. The third-order valence-corrected chi connectivity index (χ3v) is 2.41. The SMILES string of the molecule is N=C=O.N=C=O.c1ccc2c(c1)[nH]c1ccccc12. The highest BCUT2D eigenvalue weighted by Gasteiger charge is 2.00. The number of H-pyrrole nitrogens is 1. The van der Waals surface area contributed by atoms with E-state index in [9.17, 15) is 0 Å². The molecule has 1 heterocycles. The van der Waals surface area contributed by atoms with Crippen molar-refractivity contribution < 1.29 is 9.59 Å². The molecule has 19 heavy (non-hydrogen) atoms. The molecule has 0 bridgehead atoms. The second-order valence-electron chi connectivity index (χ2n) is 3.42. The fourth-order valence-corrected chi connectivity index (χ4v) is 1.80. The highest BCUT2D eigenvalue weighted by Crippen LogP contribution is 2.24. The zero-order chi connectivity index (χ0) is 14.1. The van der Waals surface area contributed by atoms with Crippen molar-refractivity contribution in [3.8, 4) is 0 Å². The van der Waals surface area contributed by atoms with Crippen molar-refractivity contribution in [2.24, 2.45) is 0 Å². The lowest BCUT2D eigenvalue weighted by atomic mass is 10.2. The van der Waals surface area contributed by atoms with E-state index < -0.39 is 0 Å². The highest BCUT2D eigenvalue weighted by molar-refractivity contribution is 6.06. The maximum Gasteiger partial charge on any atom is 0.231 e. The zero-order valence-electron chi connectivity index (χ0n) is 9.94. The quantitative estimate of drug-likeness (QED) is 0.423. The lowest BCUT2D eigenvalue weighted by Gasteiger charge is -1.87. The van der Waals surface area contributed by atoms with Crippen LogP contribution in [0.2, 0.25) is 0 Å². The maximum atomic E-state index is 8.35. The molecule has 0 atom stereocenters. The third kappa shape index (κ3) is 3.48. The first kappa shape index (κ1) is 14.1. The smallest absolute Gasteiger partial charge is 0.231 e. The Balaban J connectivity index is 0.000000261. The van der Waals surface area contributed by atoms with Crippen LogP contribution in [-0.2, 0) is 9.59 Å². The Bertz CT molecular complexity index is 672. The van der Waals surface area contributed by atoms with Crippen LogP contribution < -0.4 is 0 Å². The number of fused-ring (bicyclic) bond motifs is 3. The molecule has 0 spiro atoms. The molecular formula is C14H11N3O2. The molecule has 0 aliphatic rings. The summed E-state index contributed by atoms with van der Waals surface area (Å²) in [4.78, 5) is 20.1. The van der Waals surface area contributed by atoms with Crippen LogP contribution in [0, 0.1) is 10.8 Å². The van der Waals surface area contributed by atoms with Crippen LogP contribution in [0.1, 0.15) is 0 Å². The Kier molecular flexibility index (Phi) is 5.44. The molecule has 0 radical (unpaired) electrons. The molecule has 5 heteroatoms. The summed E-state index contributed by atoms with van der Waals surface area (Å²) < 4.78 is 0. The number of aromatic nitrogens is 1. The van der Waals surface area contributed by atoms with Crippen LogP contribution in [0.15, 0.2) is 48.5 Å². The fourth-order valence-electron chi connectivity index (χ4n) is 1.80. The van der Waals surface area contributed by atoms with Gasteiger partial charge in [-0.3, -0.25) is 0 Å². The Morgan fingerprint density at radius 2 is 1.05 bits per heavy atom. The summed E-state index contributed by atoms with van der Waals surface area (Å²) in [5, 5.41) is 13.4. The zero-order valence-corrected chi connectivity index (χ0v) is 9.94. The molecule has 0 saturated heterocycles. The van der Waals surface area contributed by atoms with Gasteiger partial charge in [-0.15, -0.1) is 0 Å². The molecule has 0 aliphatic heterocycles. The van der Waals surface area contributed by atoms with E-state index in [0.29, 0.717) is 0 Å². The van der Waals surface area contributed by atoms with Gasteiger partial charge in [-0.05, 0) is 12.1 Å². The molecule has 94 valence electrons. The summed E-state index contributed by atoms with van der Waals surface area (Å²) in [5.74, 6) is 0. The Hall–Kier alpha value is -3.00. The van der Waals surface area contributed by atoms with Crippen LogP contribution in [0.5, 0.6) is 0 Å². The minimum atomic E-state index is 0.750. The first-order chi connectivity index (χ1) is 9.28. The Morgan fingerprint density at radius 3 is 1.42 bits per heavy atom. The highest BCUT2D eigenvalue weighted by atomic mass is 16.1. The minimum Gasteiger partial charge on any atom is -0.355 e. The van der Waals surface area contributed by atoms with Gasteiger partial charge < -0.3 is 4.98 Å². The average molecular weight is 253 g/mol. The number of nitrogens with one attached hydrogen (secondary N) is 3. The normalized spacial score (nSPS) is 8.42. The summed E-state index contributed by atoms with van der Waals surface area (Å²) in [6, 6.07) is 16.8. The number of isocyanates is 2. The second kappa shape index (κ2) is 7.35. The van der Waals surface area contributed by atoms with Gasteiger partial charge in [-0.2, -0.15) is 0 Å². The Morgan fingerprint density at radius 1 is 0.737 bits per heavy atom. The van der Waals surface area contributed by atoms with E-state index in [1.54, 1.807) is 0 Å². The molecule has 0 unspecified atom stereocenters. The summed E-state index contributed by atoms with van der Waals surface area (Å²) in [7, 11) is 0. The molecule has 0 aliphatic carbocycles. The van der Waals surface area contributed by atoms with E-state index in [0.717, 1.165) is 12.2 Å². The molecule has 3 rings (SSSR count). The van der Waals surface area contributed by atoms with Crippen molar-refractivity contribution >= 4 is 34.0 Å². The van der Waals surface area contributed by atoms with Crippen LogP contribution in [0.4, 0.5) is 0 Å². The molecular weight excluding hydrogens is 242 g/mol. The molecule has 5 nitrogen and oxygen atoms in total. The van der Waals surface area contributed by atoms with E-state index in [1.807, 2.05) is 0 Å². The molecule has 1 aromatic heterocycles. The first-order valence-electron chi connectivity index (χ1n) is 5.31. The van der Waals surface area contributed by atoms with Gasteiger partial charge in [-0.1, -0.05) is 36.4 Å². The lowest BCUT2D eigenvalue weighted by Crippen LogP contribution is -1.62. The monoisotopic (exact) mass is 253 g/mol. The van der Waals surface area contributed by atoms with Gasteiger partial charge in [-0.25, -0.2) is 20.4 Å². The fraction of sp³-hybridized carbons (Fsp3) is 0. The Labute approximate surface area is 108 Å². The van der Waals surface area contributed by atoms with E-state index in [4.69, 9.17) is 20.4 Å². The van der Waals surface area contributed by atoms with Gasteiger partial charge in [0.15, 0.2) is 0 Å². The van der Waals surface area contributed by atoms with Crippen molar-refractivity contribution in [2.75, 3.05) is 0 Å². The van der Waals surface area contributed by atoms with Crippen LogP contribution in [0.25, 0.3) is 21.8 Å². The van der Waals surface area contributed by atoms with E-state index in [-0.39, 0.29) is 0 Å². The number of aromatic amines is 1. The van der Waals surface area contributed by atoms with Gasteiger partial charge >= 0.3 is 0 Å². The summed E-state index contributed by atoms with van der Waals surface area (Å²) in [5.41, 5.74) is 2.42. The summed E-state index contributed by atoms with van der Waals surface area (Å²) in [6.07, 6.45) is 1.50. The number of benzene rings is 2. The predicted octanol–water partition coefficient (Wildman–Crippen LogP) is 3.12. The van der Waals surface area contributed by atoms with Crippen LogP contribution in [-0.4, -0.2) is 17.1 Å². The van der Waals surface area contributed by atoms with Gasteiger partial charge in [0.05, 0.1) is 0 Å². The van der Waals surface area contributed by atoms with Crippen LogP contribution >= 0.6 is 0 Å². The number of rotatable bonds is 0. The van der Waals surface area contributed by atoms with Crippen molar-refractivity contribution in [1.82, 2.24) is 4.98 Å². The maximum absolute atomic E-state index is 8.35. The largest absolute Gasteiger partial charge is 0.355 e.